The van der Waals surface area contributed by atoms with Crippen LogP contribution in [0.25, 0.3) is 46.2 Å². The zero-order valence-electron chi connectivity index (χ0n) is 24.6. The number of pyridine rings is 1. The van der Waals surface area contributed by atoms with Crippen LogP contribution in [-0.2, 0) is 27.8 Å². The van der Waals surface area contributed by atoms with Crippen molar-refractivity contribution in [3.63, 3.8) is 0 Å². The van der Waals surface area contributed by atoms with Gasteiger partial charge in [-0.2, -0.15) is 13.4 Å². The van der Waals surface area contributed by atoms with Crippen LogP contribution in [0, 0.1) is 0 Å². The molecule has 3 heterocycles. The number of amides is 1. The predicted octanol–water partition coefficient (Wildman–Crippen LogP) is 4.91. The van der Waals surface area contributed by atoms with Gasteiger partial charge in [0.1, 0.15) is 6.34 Å². The van der Waals surface area contributed by atoms with E-state index in [-0.39, 0.29) is 5.91 Å². The molecule has 1 N–H and O–H groups in total. The van der Waals surface area contributed by atoms with Gasteiger partial charge in [-0.15, -0.1) is 0 Å². The van der Waals surface area contributed by atoms with Gasteiger partial charge in [-0.1, -0.05) is 72.8 Å². The van der Waals surface area contributed by atoms with Gasteiger partial charge >= 0.3 is 0 Å². The molecule has 4 aromatic rings. The second-order valence-electron chi connectivity index (χ2n) is 11.2. The van der Waals surface area contributed by atoms with Crippen LogP contribution < -0.4 is 10.4 Å². The number of nitrogens with zero attached hydrogens (tertiary/aromatic N) is 4. The molecule has 0 saturated carbocycles. The lowest BCUT2D eigenvalue weighted by atomic mass is 9.86. The number of hydrogen-bond donors (Lipinski definition) is 1. The van der Waals surface area contributed by atoms with Crippen LogP contribution in [0.15, 0.2) is 106 Å². The molecule has 1 unspecified atom stereocenters. The van der Waals surface area contributed by atoms with E-state index in [4.69, 9.17) is 0 Å². The molecule has 2 aliphatic heterocycles. The van der Waals surface area contributed by atoms with Crippen LogP contribution in [-0.4, -0.2) is 47.5 Å². The Morgan fingerprint density at radius 2 is 1.78 bits per heavy atom. The molecule has 1 amide bonds. The molecule has 1 aromatic heterocycles. The summed E-state index contributed by atoms with van der Waals surface area (Å²) in [6.07, 6.45) is 20.2. The number of allylic oxidation sites excluding steroid dienone is 3. The van der Waals surface area contributed by atoms with Gasteiger partial charge in [0.05, 0.1) is 16.5 Å². The highest BCUT2D eigenvalue weighted by Gasteiger charge is 2.26. The second-order valence-corrected chi connectivity index (χ2v) is 12.9. The third kappa shape index (κ3) is 5.85. The Morgan fingerprint density at radius 1 is 0.913 bits per heavy atom. The van der Waals surface area contributed by atoms with Crippen molar-refractivity contribution in [2.45, 2.75) is 24.5 Å². The molecular formula is C37H28N4O4S. The first-order valence-electron chi connectivity index (χ1n) is 14.8. The van der Waals surface area contributed by atoms with Crippen LogP contribution >= 0.6 is 0 Å². The summed E-state index contributed by atoms with van der Waals surface area (Å²) >= 11 is 0. The fourth-order valence-corrected chi connectivity index (χ4v) is 6.84. The van der Waals surface area contributed by atoms with Gasteiger partial charge in [0.2, 0.25) is 0 Å². The molecule has 4 aliphatic rings. The molecule has 226 valence electrons. The maximum absolute atomic E-state index is 11.8. The minimum atomic E-state index is -4.08. The number of aliphatic imine (C=N–C) groups is 3. The summed E-state index contributed by atoms with van der Waals surface area (Å²) in [5.41, 5.74) is 6.99. The van der Waals surface area contributed by atoms with Crippen molar-refractivity contribution in [2.24, 2.45) is 15.0 Å². The molecular weight excluding hydrogens is 596 g/mol. The lowest BCUT2D eigenvalue weighted by Crippen LogP contribution is -2.30. The predicted molar refractivity (Wildman–Crippen MR) is 185 cm³/mol. The van der Waals surface area contributed by atoms with E-state index >= 15 is 0 Å². The normalized spacial score (nSPS) is 17.7. The van der Waals surface area contributed by atoms with Gasteiger partial charge in [-0.05, 0) is 98.6 Å². The first-order valence-corrected chi connectivity index (χ1v) is 16.4. The van der Waals surface area contributed by atoms with Gasteiger partial charge in [0.15, 0.2) is 5.84 Å². The number of rotatable bonds is 4. The van der Waals surface area contributed by atoms with E-state index in [2.05, 4.69) is 74.6 Å². The first-order chi connectivity index (χ1) is 22.3. The molecule has 0 spiro atoms. The number of benzene rings is 3. The van der Waals surface area contributed by atoms with Crippen LogP contribution in [0.2, 0.25) is 0 Å². The smallest absolute Gasteiger partial charge is 0.282 e. The Balaban J connectivity index is 0.000000286. The highest BCUT2D eigenvalue weighted by molar-refractivity contribution is 7.86. The topological polar surface area (TPSA) is 121 Å². The third-order valence-electron chi connectivity index (χ3n) is 8.38. The minimum absolute atomic E-state index is 0.262. The van der Waals surface area contributed by atoms with Crippen LogP contribution in [0.5, 0.6) is 0 Å². The number of hydrogen-bond acceptors (Lipinski definition) is 6. The number of amidine groups is 1. The van der Waals surface area contributed by atoms with Crippen LogP contribution in [0.4, 0.5) is 0 Å². The first kappa shape index (κ1) is 29.3. The van der Waals surface area contributed by atoms with E-state index in [1.54, 1.807) is 12.3 Å². The quantitative estimate of drug-likeness (QED) is 0.324. The molecule has 46 heavy (non-hydrogen) atoms. The van der Waals surface area contributed by atoms with E-state index < -0.39 is 15.4 Å². The van der Waals surface area contributed by atoms with Crippen molar-refractivity contribution >= 4 is 69.5 Å². The molecule has 0 radical (unpaired) electrons. The van der Waals surface area contributed by atoms with E-state index in [1.165, 1.54) is 17.1 Å². The van der Waals surface area contributed by atoms with E-state index in [1.807, 2.05) is 48.7 Å². The summed E-state index contributed by atoms with van der Waals surface area (Å²) in [6, 6.07) is 20.7. The van der Waals surface area contributed by atoms with Crippen molar-refractivity contribution < 1.29 is 17.8 Å². The van der Waals surface area contributed by atoms with Gasteiger partial charge in [-0.3, -0.25) is 14.3 Å². The van der Waals surface area contributed by atoms with E-state index in [0.717, 1.165) is 50.4 Å². The molecule has 3 aromatic carbocycles. The van der Waals surface area contributed by atoms with Gasteiger partial charge in [-0.25, -0.2) is 9.98 Å². The molecule has 8 rings (SSSR count). The Labute approximate surface area is 265 Å². The summed E-state index contributed by atoms with van der Waals surface area (Å²) in [4.78, 5) is 26.5. The van der Waals surface area contributed by atoms with Gasteiger partial charge in [0.25, 0.3) is 16.0 Å². The summed E-state index contributed by atoms with van der Waals surface area (Å²) in [5, 5.41) is 3.76. The van der Waals surface area contributed by atoms with E-state index in [0.29, 0.717) is 24.3 Å². The maximum atomic E-state index is 11.8. The monoisotopic (exact) mass is 624 g/mol. The summed E-state index contributed by atoms with van der Waals surface area (Å²) in [7, 11) is -4.08. The van der Waals surface area contributed by atoms with E-state index in [9.17, 15) is 17.8 Å². The molecule has 0 saturated heterocycles. The summed E-state index contributed by atoms with van der Waals surface area (Å²) in [6.45, 7) is 0. The van der Waals surface area contributed by atoms with Crippen molar-refractivity contribution in [2.75, 3.05) is 0 Å². The fourth-order valence-electron chi connectivity index (χ4n) is 6.11. The van der Waals surface area contributed by atoms with Gasteiger partial charge < -0.3 is 0 Å². The average molecular weight is 625 g/mol. The highest BCUT2D eigenvalue weighted by atomic mass is 32.2. The zero-order chi connectivity index (χ0) is 31.7. The van der Waals surface area contributed by atoms with Crippen LogP contribution in [0.1, 0.15) is 28.8 Å². The molecule has 0 bridgehead atoms. The maximum Gasteiger partial charge on any atom is 0.282 e. The zero-order valence-corrected chi connectivity index (χ0v) is 25.4. The Hall–Kier alpha value is -5.38. The van der Waals surface area contributed by atoms with Crippen molar-refractivity contribution in [1.82, 2.24) is 4.98 Å². The second kappa shape index (κ2) is 12.2. The fraction of sp³-hybridized carbons (Fsp3) is 0.108. The summed E-state index contributed by atoms with van der Waals surface area (Å²) < 4.78 is 33.2. The van der Waals surface area contributed by atoms with Crippen LogP contribution in [0.3, 0.4) is 0 Å². The Kier molecular flexibility index (Phi) is 7.78. The van der Waals surface area contributed by atoms with Gasteiger partial charge in [0, 0.05) is 12.4 Å². The van der Waals surface area contributed by atoms with Crippen molar-refractivity contribution in [3.05, 3.63) is 123 Å². The Morgan fingerprint density at radius 3 is 2.61 bits per heavy atom. The lowest BCUT2D eigenvalue weighted by Gasteiger charge is -2.20. The lowest BCUT2D eigenvalue weighted by molar-refractivity contribution is -0.113. The Bertz CT molecular complexity index is 2330. The molecule has 1 atom stereocenters. The standard InChI is InChI=1S/C31H25NO3S.C6H3N3O/c33-36(34,35)25-13-15-26-22(19-25)11-14-29-27-8-4-5-9-28(27)30(20-31(26)29)23-16-17-32-24(18-23)12-10-21-6-2-1-3-7-21;10-6-4-1-2-7-5(4)8-3-9-6/h1-8,10-12,14-18,20,25H,9,13,19H2,(H,33,34,35);1-3H/b12-10+;. The highest BCUT2D eigenvalue weighted by Crippen LogP contribution is 2.29. The molecule has 0 fully saturated rings. The molecule has 2 aliphatic carbocycles. The number of aromatic nitrogens is 1. The van der Waals surface area contributed by atoms with Crippen molar-refractivity contribution in [1.29, 1.82) is 0 Å². The minimum Gasteiger partial charge on any atom is -0.285 e. The summed E-state index contributed by atoms with van der Waals surface area (Å²) in [5.74, 6) is 0.211. The number of carbonyl (C=O) groups excluding carboxylic acids is 1. The average Bonchev–Trinajstić information content (AvgIpc) is 3.58. The number of carbonyl (C=O) groups is 1. The third-order valence-corrected chi connectivity index (χ3v) is 9.59. The van der Waals surface area contributed by atoms with Crippen molar-refractivity contribution in [3.8, 4) is 11.1 Å². The SMILES string of the molecule is O=C1N=CN=C2N=CC=C12.O=S(=O)(O)C1CC=c2c(ccc3c4c(c(-c5ccnc(/C=C/c6ccccc6)c5)cc23)CC=CC=4)C1. The largest absolute Gasteiger partial charge is 0.285 e. The molecule has 9 heteroatoms. The number of fused-ring (bicyclic) bond motifs is 6. The molecule has 8 nitrogen and oxygen atoms in total.